The lowest BCUT2D eigenvalue weighted by atomic mass is 9.55. The Morgan fingerprint density at radius 2 is 1.28 bits per heavy atom. The second-order valence-corrected chi connectivity index (χ2v) is 8.56. The number of rotatable bonds is 2. The van der Waals surface area contributed by atoms with E-state index in [0.29, 0.717) is 0 Å². The fourth-order valence-electron chi connectivity index (χ4n) is 6.56. The van der Waals surface area contributed by atoms with Gasteiger partial charge in [-0.3, -0.25) is 0 Å². The molecule has 129 valence electrons. The number of benzene rings is 2. The van der Waals surface area contributed by atoms with Gasteiger partial charge in [0, 0.05) is 5.41 Å². The molecular formula is C25H29. The average molecular weight is 330 g/mol. The van der Waals surface area contributed by atoms with Gasteiger partial charge in [-0.05, 0) is 71.9 Å². The molecule has 0 heteroatoms. The maximum atomic E-state index is 3.46. The first-order chi connectivity index (χ1) is 12.4. The first kappa shape index (κ1) is 15.7. The van der Waals surface area contributed by atoms with Crippen LogP contribution in [-0.4, -0.2) is 0 Å². The van der Waals surface area contributed by atoms with Crippen molar-refractivity contribution >= 4 is 0 Å². The fraction of sp³-hybridized carbons (Fsp3) is 0.520. The Balaban J connectivity index is 1.76. The van der Waals surface area contributed by atoms with Crippen LogP contribution in [0.4, 0.5) is 0 Å². The molecule has 2 saturated carbocycles. The van der Waals surface area contributed by atoms with Crippen LogP contribution in [0, 0.1) is 17.9 Å². The molecule has 2 aromatic rings. The zero-order chi connectivity index (χ0) is 16.7. The Hall–Kier alpha value is -1.56. The van der Waals surface area contributed by atoms with Gasteiger partial charge in [0.1, 0.15) is 0 Å². The molecule has 0 saturated heterocycles. The topological polar surface area (TPSA) is 0 Å². The van der Waals surface area contributed by atoms with Crippen LogP contribution >= 0.6 is 0 Å². The minimum atomic E-state index is 0.268. The van der Waals surface area contributed by atoms with Gasteiger partial charge in [0.25, 0.3) is 0 Å². The van der Waals surface area contributed by atoms with Crippen LogP contribution in [0.2, 0.25) is 0 Å². The molecule has 0 amide bonds. The Kier molecular flexibility index (Phi) is 3.95. The van der Waals surface area contributed by atoms with E-state index in [2.05, 4.69) is 48.5 Å². The van der Waals surface area contributed by atoms with E-state index >= 15 is 0 Å². The van der Waals surface area contributed by atoms with Crippen molar-refractivity contribution in [2.75, 3.05) is 0 Å². The lowest BCUT2D eigenvalue weighted by molar-refractivity contribution is 0.137. The van der Waals surface area contributed by atoms with E-state index in [1.165, 1.54) is 75.3 Å². The van der Waals surface area contributed by atoms with Gasteiger partial charge in [-0.1, -0.05) is 74.9 Å². The molecule has 1 radical (unpaired) electrons. The Bertz CT molecular complexity index is 679. The molecule has 0 aromatic heterocycles. The smallest absolute Gasteiger partial charge is 0.0271 e. The van der Waals surface area contributed by atoms with Crippen LogP contribution in [0.1, 0.15) is 75.3 Å². The molecule has 0 unspecified atom stereocenters. The van der Waals surface area contributed by atoms with Gasteiger partial charge in [0.15, 0.2) is 0 Å². The van der Waals surface area contributed by atoms with Crippen molar-refractivity contribution in [2.45, 2.75) is 69.6 Å². The predicted molar refractivity (Wildman–Crippen MR) is 105 cm³/mol. The Morgan fingerprint density at radius 1 is 0.680 bits per heavy atom. The van der Waals surface area contributed by atoms with Crippen LogP contribution in [0.25, 0.3) is 11.1 Å². The molecule has 5 rings (SSSR count). The molecule has 0 N–H and O–H groups in total. The maximum Gasteiger partial charge on any atom is 0.0271 e. The molecular weight excluding hydrogens is 300 g/mol. The minimum absolute atomic E-state index is 0.268. The van der Waals surface area contributed by atoms with Gasteiger partial charge in [-0.2, -0.15) is 0 Å². The summed E-state index contributed by atoms with van der Waals surface area (Å²) in [5, 5.41) is 0. The van der Waals surface area contributed by atoms with E-state index in [1.807, 2.05) is 0 Å². The van der Waals surface area contributed by atoms with E-state index in [0.717, 1.165) is 11.8 Å². The van der Waals surface area contributed by atoms with E-state index < -0.39 is 0 Å². The van der Waals surface area contributed by atoms with Crippen molar-refractivity contribution in [2.24, 2.45) is 11.8 Å². The van der Waals surface area contributed by atoms with Gasteiger partial charge in [0.05, 0.1) is 0 Å². The third-order valence-electron chi connectivity index (χ3n) is 7.47. The van der Waals surface area contributed by atoms with Crippen molar-refractivity contribution in [3.05, 3.63) is 59.7 Å². The highest BCUT2D eigenvalue weighted by Gasteiger charge is 2.52. The monoisotopic (exact) mass is 329 g/mol. The number of hydrogen-bond acceptors (Lipinski definition) is 0. The van der Waals surface area contributed by atoms with Crippen LogP contribution in [0.15, 0.2) is 42.5 Å². The first-order valence-corrected chi connectivity index (χ1v) is 10.5. The van der Waals surface area contributed by atoms with E-state index in [9.17, 15) is 0 Å². The number of hydrogen-bond donors (Lipinski definition) is 0. The molecule has 0 atom stereocenters. The van der Waals surface area contributed by atoms with Crippen LogP contribution < -0.4 is 0 Å². The average Bonchev–Trinajstić information content (AvgIpc) is 3.01. The van der Waals surface area contributed by atoms with Gasteiger partial charge in [0.2, 0.25) is 0 Å². The predicted octanol–water partition coefficient (Wildman–Crippen LogP) is 6.91. The zero-order valence-electron chi connectivity index (χ0n) is 15.3. The lowest BCUT2D eigenvalue weighted by Gasteiger charge is -2.48. The van der Waals surface area contributed by atoms with Gasteiger partial charge in [-0.25, -0.2) is 0 Å². The fourth-order valence-corrected chi connectivity index (χ4v) is 6.56. The summed E-state index contributed by atoms with van der Waals surface area (Å²) in [4.78, 5) is 0. The quantitative estimate of drug-likeness (QED) is 0.561. The summed E-state index contributed by atoms with van der Waals surface area (Å²) in [6.45, 7) is 0. The number of fused-ring (bicyclic) bond motifs is 3. The minimum Gasteiger partial charge on any atom is -0.0619 e. The summed E-state index contributed by atoms with van der Waals surface area (Å²) in [5.74, 6) is 1.64. The zero-order valence-corrected chi connectivity index (χ0v) is 15.3. The molecule has 0 bridgehead atoms. The second kappa shape index (κ2) is 6.31. The standard InChI is InChI=1S/C25H29/c1-3-11-19(12-4-1)25(20-13-5-2-6-14-20)23-17-9-7-15-21(23)22-16-8-10-18-24(22)25/h7-9,15-20H,1-6,11-14H2. The highest BCUT2D eigenvalue weighted by molar-refractivity contribution is 5.81. The molecule has 0 heterocycles. The summed E-state index contributed by atoms with van der Waals surface area (Å²) in [5.41, 5.74) is 6.57. The normalized spacial score (nSPS) is 23.2. The maximum absolute atomic E-state index is 3.46. The summed E-state index contributed by atoms with van der Waals surface area (Å²) >= 11 is 0. The molecule has 0 aliphatic heterocycles. The third kappa shape index (κ3) is 2.26. The first-order valence-electron chi connectivity index (χ1n) is 10.5. The molecule has 0 spiro atoms. The van der Waals surface area contributed by atoms with E-state index in [4.69, 9.17) is 0 Å². The largest absolute Gasteiger partial charge is 0.0619 e. The molecule has 2 aromatic carbocycles. The van der Waals surface area contributed by atoms with Crippen LogP contribution in [-0.2, 0) is 5.41 Å². The summed E-state index contributed by atoms with van der Waals surface area (Å²) in [6, 6.07) is 19.6. The van der Waals surface area contributed by atoms with Crippen LogP contribution in [0.3, 0.4) is 0 Å². The summed E-state index contributed by atoms with van der Waals surface area (Å²) < 4.78 is 0. The van der Waals surface area contributed by atoms with Gasteiger partial charge < -0.3 is 0 Å². The molecule has 0 nitrogen and oxygen atoms in total. The van der Waals surface area contributed by atoms with Crippen molar-refractivity contribution in [1.29, 1.82) is 0 Å². The van der Waals surface area contributed by atoms with Crippen LogP contribution in [0.5, 0.6) is 0 Å². The van der Waals surface area contributed by atoms with Crippen molar-refractivity contribution in [3.63, 3.8) is 0 Å². The molecule has 25 heavy (non-hydrogen) atoms. The Labute approximate surface area is 152 Å². The van der Waals surface area contributed by atoms with Crippen molar-refractivity contribution in [1.82, 2.24) is 0 Å². The lowest BCUT2D eigenvalue weighted by Crippen LogP contribution is -2.44. The molecule has 3 aliphatic rings. The van der Waals surface area contributed by atoms with Crippen molar-refractivity contribution in [3.8, 4) is 11.1 Å². The highest BCUT2D eigenvalue weighted by Crippen LogP contribution is 2.61. The van der Waals surface area contributed by atoms with E-state index in [1.54, 1.807) is 11.1 Å². The third-order valence-corrected chi connectivity index (χ3v) is 7.47. The van der Waals surface area contributed by atoms with Gasteiger partial charge >= 0.3 is 0 Å². The van der Waals surface area contributed by atoms with Crippen molar-refractivity contribution < 1.29 is 0 Å². The molecule has 2 fully saturated rings. The summed E-state index contributed by atoms with van der Waals surface area (Å²) in [7, 11) is 0. The molecule has 3 aliphatic carbocycles. The summed E-state index contributed by atoms with van der Waals surface area (Å²) in [6.07, 6.45) is 14.2. The SMILES string of the molecule is [c]1ccc2c(c1)C(C1CCCCC1)(C1CCCCC1)c1ccccc1-2. The van der Waals surface area contributed by atoms with Gasteiger partial charge in [-0.15, -0.1) is 0 Å². The van der Waals surface area contributed by atoms with E-state index in [-0.39, 0.29) is 5.41 Å². The second-order valence-electron chi connectivity index (χ2n) is 8.56. The highest BCUT2D eigenvalue weighted by atomic mass is 14.6. The Morgan fingerprint density at radius 3 is 1.96 bits per heavy atom.